The molecule has 0 atom stereocenters. The molecule has 1 aromatic heterocycles. The van der Waals surface area contributed by atoms with Crippen molar-refractivity contribution in [2.75, 3.05) is 5.73 Å². The fraction of sp³-hybridized carbons (Fsp3) is 0. The molecule has 0 amide bonds. The lowest BCUT2D eigenvalue weighted by Gasteiger charge is -1.98. The van der Waals surface area contributed by atoms with Crippen molar-refractivity contribution >= 4 is 21.6 Å². The topological polar surface area (TPSA) is 64.9 Å². The van der Waals surface area contributed by atoms with E-state index in [0.29, 0.717) is 11.3 Å². The molecule has 0 saturated carbocycles. The molecule has 106 valence electrons. The highest BCUT2D eigenvalue weighted by Crippen LogP contribution is 2.27. The Bertz CT molecular complexity index is 820. The first-order chi connectivity index (χ1) is 10.0. The number of benzene rings is 2. The van der Waals surface area contributed by atoms with Gasteiger partial charge in [0.25, 0.3) is 5.89 Å². The summed E-state index contributed by atoms with van der Waals surface area (Å²) in [6.07, 6.45) is 0. The van der Waals surface area contributed by atoms with E-state index >= 15 is 0 Å². The van der Waals surface area contributed by atoms with Crippen molar-refractivity contribution < 1.29 is 13.3 Å². The Balaban J connectivity index is 2.01. The SMILES string of the molecule is Nc1ccc(-c2nc(-c3ccc(F)c(Br)c3)no2)c(F)c1. The third-order valence-electron chi connectivity index (χ3n) is 2.83. The monoisotopic (exact) mass is 351 g/mol. The minimum atomic E-state index is -0.550. The number of hydrogen-bond acceptors (Lipinski definition) is 4. The highest BCUT2D eigenvalue weighted by atomic mass is 79.9. The number of nitrogens with two attached hydrogens (primary N) is 1. The Morgan fingerprint density at radius 2 is 1.86 bits per heavy atom. The number of aromatic nitrogens is 2. The summed E-state index contributed by atoms with van der Waals surface area (Å²) in [5.74, 6) is -0.678. The normalized spacial score (nSPS) is 10.8. The number of anilines is 1. The third-order valence-corrected chi connectivity index (χ3v) is 3.44. The van der Waals surface area contributed by atoms with Gasteiger partial charge in [-0.25, -0.2) is 8.78 Å². The van der Waals surface area contributed by atoms with Crippen molar-refractivity contribution in [3.63, 3.8) is 0 Å². The average molecular weight is 352 g/mol. The molecule has 0 fully saturated rings. The summed E-state index contributed by atoms with van der Waals surface area (Å²) in [5.41, 5.74) is 6.50. The standard InChI is InChI=1S/C14H8BrF2N3O/c15-10-5-7(1-4-11(10)16)13-19-14(21-20-13)9-3-2-8(18)6-12(9)17/h1-6H,18H2. The van der Waals surface area contributed by atoms with Gasteiger partial charge in [0.1, 0.15) is 11.6 Å². The predicted molar refractivity (Wildman–Crippen MR) is 77.2 cm³/mol. The number of nitrogens with zero attached hydrogens (tertiary/aromatic N) is 2. The summed E-state index contributed by atoms with van der Waals surface area (Å²) < 4.78 is 32.3. The Kier molecular flexibility index (Phi) is 3.42. The van der Waals surface area contributed by atoms with E-state index < -0.39 is 11.6 Å². The minimum Gasteiger partial charge on any atom is -0.399 e. The van der Waals surface area contributed by atoms with Gasteiger partial charge in [0.2, 0.25) is 5.82 Å². The summed E-state index contributed by atoms with van der Waals surface area (Å²) >= 11 is 3.08. The maximum Gasteiger partial charge on any atom is 0.261 e. The second-order valence-electron chi connectivity index (χ2n) is 4.29. The third kappa shape index (κ3) is 2.64. The molecule has 0 aliphatic rings. The highest BCUT2D eigenvalue weighted by Gasteiger charge is 2.15. The van der Waals surface area contributed by atoms with Crippen molar-refractivity contribution in [2.45, 2.75) is 0 Å². The van der Waals surface area contributed by atoms with Crippen LogP contribution in [0, 0.1) is 11.6 Å². The number of halogens is 3. The van der Waals surface area contributed by atoms with Crippen LogP contribution in [-0.4, -0.2) is 10.1 Å². The van der Waals surface area contributed by atoms with E-state index in [4.69, 9.17) is 10.3 Å². The first kappa shape index (κ1) is 13.7. The molecule has 2 N–H and O–H groups in total. The Hall–Kier alpha value is -2.28. The smallest absolute Gasteiger partial charge is 0.261 e. The van der Waals surface area contributed by atoms with Crippen LogP contribution >= 0.6 is 15.9 Å². The molecular weight excluding hydrogens is 344 g/mol. The zero-order valence-corrected chi connectivity index (χ0v) is 12.1. The molecule has 1 heterocycles. The van der Waals surface area contributed by atoms with E-state index in [-0.39, 0.29) is 21.8 Å². The molecule has 0 saturated heterocycles. The second-order valence-corrected chi connectivity index (χ2v) is 5.15. The maximum absolute atomic E-state index is 13.8. The molecule has 2 aromatic carbocycles. The van der Waals surface area contributed by atoms with Gasteiger partial charge >= 0.3 is 0 Å². The van der Waals surface area contributed by atoms with Gasteiger partial charge in [0, 0.05) is 11.3 Å². The molecule has 0 unspecified atom stereocenters. The van der Waals surface area contributed by atoms with E-state index in [9.17, 15) is 8.78 Å². The van der Waals surface area contributed by atoms with Crippen molar-refractivity contribution in [2.24, 2.45) is 0 Å². The number of rotatable bonds is 2. The zero-order valence-electron chi connectivity index (χ0n) is 10.5. The molecular formula is C14H8BrF2N3O. The van der Waals surface area contributed by atoms with E-state index in [1.54, 1.807) is 0 Å². The molecule has 3 rings (SSSR count). The van der Waals surface area contributed by atoms with E-state index in [0.717, 1.165) is 0 Å². The Morgan fingerprint density at radius 1 is 1.05 bits per heavy atom. The summed E-state index contributed by atoms with van der Waals surface area (Å²) in [7, 11) is 0. The van der Waals surface area contributed by atoms with E-state index in [2.05, 4.69) is 26.1 Å². The van der Waals surface area contributed by atoms with Crippen LogP contribution in [0.2, 0.25) is 0 Å². The molecule has 21 heavy (non-hydrogen) atoms. The van der Waals surface area contributed by atoms with Gasteiger partial charge in [0.05, 0.1) is 10.0 Å². The number of hydrogen-bond donors (Lipinski definition) is 1. The van der Waals surface area contributed by atoms with Gasteiger partial charge in [-0.3, -0.25) is 0 Å². The van der Waals surface area contributed by atoms with Crippen LogP contribution < -0.4 is 5.73 Å². The molecule has 4 nitrogen and oxygen atoms in total. The first-order valence-electron chi connectivity index (χ1n) is 5.89. The average Bonchev–Trinajstić information content (AvgIpc) is 2.91. The van der Waals surface area contributed by atoms with Crippen LogP contribution in [-0.2, 0) is 0 Å². The van der Waals surface area contributed by atoms with E-state index in [1.807, 2.05) is 0 Å². The summed E-state index contributed by atoms with van der Waals surface area (Å²) in [5, 5.41) is 3.77. The van der Waals surface area contributed by atoms with Crippen LogP contribution in [0.4, 0.5) is 14.5 Å². The van der Waals surface area contributed by atoms with Crippen LogP contribution in [0.5, 0.6) is 0 Å². The quantitative estimate of drug-likeness (QED) is 0.708. The molecule has 0 aliphatic carbocycles. The van der Waals surface area contributed by atoms with Crippen LogP contribution in [0.25, 0.3) is 22.8 Å². The molecule has 0 aliphatic heterocycles. The second kappa shape index (κ2) is 5.25. The Morgan fingerprint density at radius 3 is 2.57 bits per heavy atom. The van der Waals surface area contributed by atoms with Crippen molar-refractivity contribution in [3.05, 3.63) is 52.5 Å². The van der Waals surface area contributed by atoms with Crippen LogP contribution in [0.1, 0.15) is 0 Å². The largest absolute Gasteiger partial charge is 0.399 e. The molecule has 3 aromatic rings. The predicted octanol–water partition coefficient (Wildman–Crippen LogP) is 4.03. The lowest BCUT2D eigenvalue weighted by Crippen LogP contribution is -1.89. The van der Waals surface area contributed by atoms with Gasteiger partial charge in [-0.2, -0.15) is 4.98 Å². The highest BCUT2D eigenvalue weighted by molar-refractivity contribution is 9.10. The van der Waals surface area contributed by atoms with Crippen molar-refractivity contribution in [1.29, 1.82) is 0 Å². The van der Waals surface area contributed by atoms with Crippen molar-refractivity contribution in [1.82, 2.24) is 10.1 Å². The molecule has 0 bridgehead atoms. The van der Waals surface area contributed by atoms with Crippen LogP contribution in [0.3, 0.4) is 0 Å². The van der Waals surface area contributed by atoms with Crippen molar-refractivity contribution in [3.8, 4) is 22.8 Å². The fourth-order valence-corrected chi connectivity index (χ4v) is 2.17. The lowest BCUT2D eigenvalue weighted by atomic mass is 10.2. The van der Waals surface area contributed by atoms with Gasteiger partial charge in [0.15, 0.2) is 0 Å². The zero-order chi connectivity index (χ0) is 15.0. The lowest BCUT2D eigenvalue weighted by molar-refractivity contribution is 0.429. The molecule has 0 spiro atoms. The molecule has 7 heteroatoms. The van der Waals surface area contributed by atoms with Gasteiger partial charge < -0.3 is 10.3 Å². The van der Waals surface area contributed by atoms with Gasteiger partial charge in [-0.15, -0.1) is 0 Å². The van der Waals surface area contributed by atoms with Gasteiger partial charge in [-0.05, 0) is 52.3 Å². The van der Waals surface area contributed by atoms with Crippen LogP contribution in [0.15, 0.2) is 45.4 Å². The maximum atomic E-state index is 13.8. The van der Waals surface area contributed by atoms with E-state index in [1.165, 1.54) is 36.4 Å². The summed E-state index contributed by atoms with van der Waals surface area (Å²) in [4.78, 5) is 4.11. The summed E-state index contributed by atoms with van der Waals surface area (Å²) in [6.45, 7) is 0. The summed E-state index contributed by atoms with van der Waals surface area (Å²) in [6, 6.07) is 8.48. The first-order valence-corrected chi connectivity index (χ1v) is 6.68. The molecule has 0 radical (unpaired) electrons. The number of nitrogen functional groups attached to an aromatic ring is 1. The Labute approximate surface area is 126 Å². The fourth-order valence-electron chi connectivity index (χ4n) is 1.79. The van der Waals surface area contributed by atoms with Gasteiger partial charge in [-0.1, -0.05) is 5.16 Å². The minimum absolute atomic E-state index is 0.0305.